The third-order valence-corrected chi connectivity index (χ3v) is 2.03. The molecule has 0 rings (SSSR count). The number of nitrogens with zero attached hydrogens (tertiary/aromatic N) is 2. The fourth-order valence-electron chi connectivity index (χ4n) is 1.12. The van der Waals surface area contributed by atoms with Crippen molar-refractivity contribution in [1.82, 2.24) is 5.01 Å². The van der Waals surface area contributed by atoms with E-state index < -0.39 is 0 Å². The van der Waals surface area contributed by atoms with Crippen LogP contribution in [0.1, 0.15) is 33.6 Å². The van der Waals surface area contributed by atoms with Gasteiger partial charge in [-0.1, -0.05) is 18.2 Å². The Balaban J connectivity index is 4.91. The molecule has 0 saturated carbocycles. The molecule has 0 aromatic rings. The van der Waals surface area contributed by atoms with Gasteiger partial charge in [0.25, 0.3) is 0 Å². The molecule has 0 bridgehead atoms. The van der Waals surface area contributed by atoms with Crippen molar-refractivity contribution in [2.75, 3.05) is 0 Å². The highest BCUT2D eigenvalue weighted by atomic mass is 16.1. The van der Waals surface area contributed by atoms with Crippen LogP contribution in [-0.4, -0.2) is 23.2 Å². The lowest BCUT2D eigenvalue weighted by Crippen LogP contribution is -2.11. The number of carbonyl (C=O) groups excluding carboxylic acids is 1. The molecule has 98 valence electrons. The first-order valence-corrected chi connectivity index (χ1v) is 5.80. The van der Waals surface area contributed by atoms with E-state index in [9.17, 15) is 4.79 Å². The molecule has 0 aliphatic heterocycles. The molecule has 0 unspecified atom stereocenters. The molecule has 0 radical (unpaired) electrons. The van der Waals surface area contributed by atoms with Gasteiger partial charge in [-0.2, -0.15) is 5.10 Å². The topological polar surface area (TPSA) is 56.5 Å². The van der Waals surface area contributed by atoms with Crippen molar-refractivity contribution in [1.29, 1.82) is 5.41 Å². The quantitative estimate of drug-likeness (QED) is 0.310. The molecule has 0 aromatic heterocycles. The highest BCUT2D eigenvalue weighted by Crippen LogP contribution is 2.09. The third kappa shape index (κ3) is 7.33. The molecule has 1 N–H and O–H groups in total. The molecule has 0 spiro atoms. The lowest BCUT2D eigenvalue weighted by molar-refractivity contribution is -0.112. The maximum Gasteiger partial charge on any atom is 0.154 e. The van der Waals surface area contributed by atoms with Crippen molar-refractivity contribution < 1.29 is 4.79 Å². The summed E-state index contributed by atoms with van der Waals surface area (Å²) in [4.78, 5) is 11.0. The first-order valence-electron chi connectivity index (χ1n) is 5.80. The van der Waals surface area contributed by atoms with Crippen molar-refractivity contribution in [3.8, 4) is 0 Å². The van der Waals surface area contributed by atoms with Gasteiger partial charge < -0.3 is 5.41 Å². The molecule has 0 aromatic carbocycles. The first-order chi connectivity index (χ1) is 8.51. The van der Waals surface area contributed by atoms with Gasteiger partial charge in [0, 0.05) is 37.2 Å². The third-order valence-electron chi connectivity index (χ3n) is 2.03. The van der Waals surface area contributed by atoms with E-state index in [1.54, 1.807) is 17.4 Å². The highest BCUT2D eigenvalue weighted by Gasteiger charge is 2.02. The van der Waals surface area contributed by atoms with Gasteiger partial charge in [-0.15, -0.1) is 0 Å². The van der Waals surface area contributed by atoms with Crippen LogP contribution < -0.4 is 0 Å². The zero-order valence-corrected chi connectivity index (χ0v) is 11.3. The lowest BCUT2D eigenvalue weighted by Gasteiger charge is -2.16. The normalized spacial score (nSPS) is 12.1. The number of carbonyl (C=O) groups is 1. The molecule has 18 heavy (non-hydrogen) atoms. The van der Waals surface area contributed by atoms with Crippen LogP contribution >= 0.6 is 0 Å². The Morgan fingerprint density at radius 2 is 2.06 bits per heavy atom. The van der Waals surface area contributed by atoms with Crippen LogP contribution in [0, 0.1) is 5.41 Å². The van der Waals surface area contributed by atoms with E-state index in [0.29, 0.717) is 12.8 Å². The van der Waals surface area contributed by atoms with Crippen molar-refractivity contribution in [2.45, 2.75) is 33.6 Å². The average Bonchev–Trinajstić information content (AvgIpc) is 2.30. The summed E-state index contributed by atoms with van der Waals surface area (Å²) in [6.07, 6.45) is 9.13. The summed E-state index contributed by atoms with van der Waals surface area (Å²) in [7, 11) is 0. The summed E-state index contributed by atoms with van der Waals surface area (Å²) in [5.41, 5.74) is 1.86. The Kier molecular flexibility index (Phi) is 8.10. The molecular formula is C14H21N3O. The second kappa shape index (κ2) is 9.10. The Morgan fingerprint density at radius 1 is 1.39 bits per heavy atom. The Bertz CT molecular complexity index is 392. The van der Waals surface area contributed by atoms with E-state index in [1.807, 2.05) is 19.9 Å². The molecule has 0 amide bonds. The van der Waals surface area contributed by atoms with Gasteiger partial charge in [0.05, 0.1) is 0 Å². The van der Waals surface area contributed by atoms with Crippen LogP contribution in [0.5, 0.6) is 0 Å². The van der Waals surface area contributed by atoms with Crippen molar-refractivity contribution in [3.05, 3.63) is 36.2 Å². The SMILES string of the molecule is C=C(C)C/C=N/N(/C=C\C(C)=O)/C(=C/C)CC=N. The van der Waals surface area contributed by atoms with Gasteiger partial charge in [-0.3, -0.25) is 4.79 Å². The Labute approximate surface area is 109 Å². The van der Waals surface area contributed by atoms with Gasteiger partial charge in [-0.05, 0) is 26.8 Å². The monoisotopic (exact) mass is 247 g/mol. The second-order valence-electron chi connectivity index (χ2n) is 3.92. The minimum Gasteiger partial charge on any atom is -0.313 e. The van der Waals surface area contributed by atoms with Crippen LogP contribution in [0.2, 0.25) is 0 Å². The minimum absolute atomic E-state index is 0.0413. The standard InChI is InChI=1S/C14H21N3O/c1-5-14(6-9-15)17(11-8-13(4)18)16-10-7-12(2)3/h5,8-11,15H,2,6-7H2,1,3-4H3/b11-8-,14-5+,15-9?,16-10+. The molecule has 0 atom stereocenters. The highest BCUT2D eigenvalue weighted by molar-refractivity contribution is 5.87. The van der Waals surface area contributed by atoms with Crippen LogP contribution in [-0.2, 0) is 4.79 Å². The van der Waals surface area contributed by atoms with Crippen LogP contribution in [0.25, 0.3) is 0 Å². The summed E-state index contributed by atoms with van der Waals surface area (Å²) < 4.78 is 0. The molecule has 0 aliphatic carbocycles. The summed E-state index contributed by atoms with van der Waals surface area (Å²) in [5, 5.41) is 13.0. The minimum atomic E-state index is -0.0413. The number of rotatable bonds is 8. The predicted octanol–water partition coefficient (Wildman–Crippen LogP) is 3.29. The molecular weight excluding hydrogens is 226 g/mol. The summed E-state index contributed by atoms with van der Waals surface area (Å²) in [5.74, 6) is -0.0413. The van der Waals surface area contributed by atoms with Gasteiger partial charge in [0.2, 0.25) is 0 Å². The Morgan fingerprint density at radius 3 is 2.50 bits per heavy atom. The number of nitrogens with one attached hydrogen (secondary N) is 1. The number of allylic oxidation sites excluding steroid dienone is 4. The number of hydrogen-bond acceptors (Lipinski definition) is 4. The van der Waals surface area contributed by atoms with Crippen LogP contribution in [0.15, 0.2) is 41.3 Å². The number of ketones is 1. The maximum absolute atomic E-state index is 11.0. The van der Waals surface area contributed by atoms with Crippen molar-refractivity contribution in [2.24, 2.45) is 5.10 Å². The van der Waals surface area contributed by atoms with E-state index in [-0.39, 0.29) is 5.78 Å². The molecule has 4 heteroatoms. The van der Waals surface area contributed by atoms with Crippen LogP contribution in [0.3, 0.4) is 0 Å². The second-order valence-corrected chi connectivity index (χ2v) is 3.92. The summed E-state index contributed by atoms with van der Waals surface area (Å²) in [6.45, 7) is 9.08. The molecule has 0 aliphatic rings. The smallest absolute Gasteiger partial charge is 0.154 e. The summed E-state index contributed by atoms with van der Waals surface area (Å²) in [6, 6.07) is 0. The first kappa shape index (κ1) is 16.0. The zero-order valence-electron chi connectivity index (χ0n) is 11.3. The largest absolute Gasteiger partial charge is 0.313 e. The average molecular weight is 247 g/mol. The lowest BCUT2D eigenvalue weighted by atomic mass is 10.3. The molecule has 4 nitrogen and oxygen atoms in total. The van der Waals surface area contributed by atoms with Gasteiger partial charge in [0.15, 0.2) is 5.78 Å². The molecule has 0 saturated heterocycles. The van der Waals surface area contributed by atoms with Gasteiger partial charge in [-0.25, -0.2) is 5.01 Å². The summed E-state index contributed by atoms with van der Waals surface area (Å²) >= 11 is 0. The molecule has 0 heterocycles. The Hall–Kier alpha value is -1.97. The maximum atomic E-state index is 11.0. The fraction of sp³-hybridized carbons (Fsp3) is 0.357. The fourth-order valence-corrected chi connectivity index (χ4v) is 1.12. The van der Waals surface area contributed by atoms with Gasteiger partial charge >= 0.3 is 0 Å². The van der Waals surface area contributed by atoms with Crippen LogP contribution in [0.4, 0.5) is 0 Å². The number of hydrazone groups is 1. The number of hydrogen-bond donors (Lipinski definition) is 1. The van der Waals surface area contributed by atoms with E-state index >= 15 is 0 Å². The van der Waals surface area contributed by atoms with Crippen molar-refractivity contribution >= 4 is 18.2 Å². The van der Waals surface area contributed by atoms with E-state index in [0.717, 1.165) is 11.3 Å². The van der Waals surface area contributed by atoms with E-state index in [1.165, 1.54) is 19.2 Å². The molecule has 0 fully saturated rings. The van der Waals surface area contributed by atoms with E-state index in [2.05, 4.69) is 11.7 Å². The van der Waals surface area contributed by atoms with Gasteiger partial charge in [0.1, 0.15) is 0 Å². The van der Waals surface area contributed by atoms with Crippen molar-refractivity contribution in [3.63, 3.8) is 0 Å². The predicted molar refractivity (Wildman–Crippen MR) is 76.7 cm³/mol. The van der Waals surface area contributed by atoms with E-state index in [4.69, 9.17) is 5.41 Å². The zero-order chi connectivity index (χ0) is 14.0.